The smallest absolute Gasteiger partial charge is 0.410 e. The molecule has 0 fully saturated rings. The van der Waals surface area contributed by atoms with E-state index in [2.05, 4.69) is 0 Å². The molecule has 1 amide bonds. The second-order valence-electron chi connectivity index (χ2n) is 6.39. The maximum atomic E-state index is 12.0. The van der Waals surface area contributed by atoms with E-state index in [-0.39, 0.29) is 6.09 Å². The molecule has 1 aliphatic rings. The van der Waals surface area contributed by atoms with Gasteiger partial charge in [-0.25, -0.2) is 4.79 Å². The number of benzene rings is 1. The fourth-order valence-corrected chi connectivity index (χ4v) is 2.32. The summed E-state index contributed by atoms with van der Waals surface area (Å²) in [6.45, 7) is 6.76. The highest BCUT2D eigenvalue weighted by atomic mass is 16.6. The van der Waals surface area contributed by atoms with Crippen LogP contribution in [0.2, 0.25) is 0 Å². The van der Waals surface area contributed by atoms with Crippen LogP contribution >= 0.6 is 0 Å². The third kappa shape index (κ3) is 3.87. The van der Waals surface area contributed by atoms with Crippen LogP contribution in [-0.2, 0) is 4.74 Å². The average Bonchev–Trinajstić information content (AvgIpc) is 2.46. The van der Waals surface area contributed by atoms with Crippen molar-refractivity contribution in [2.45, 2.75) is 32.8 Å². The lowest BCUT2D eigenvalue weighted by molar-refractivity contribution is 0.0270. The van der Waals surface area contributed by atoms with Crippen LogP contribution in [0.3, 0.4) is 0 Å². The van der Waals surface area contributed by atoms with Gasteiger partial charge in [0.1, 0.15) is 5.60 Å². The molecule has 1 aromatic rings. The number of nitrogens with zero attached hydrogens (tertiary/aromatic N) is 1. The molecule has 22 heavy (non-hydrogen) atoms. The predicted octanol–water partition coefficient (Wildman–Crippen LogP) is 3.29. The standard InChI is InChI=1S/C17H23N3O2/c1-17(2,3)22-16(21)20-8-6-12(7-9-20)13-4-5-15(19)14(10-13)11-18/h4-6,10-11,18H,7-9,19H2,1-3H3. The summed E-state index contributed by atoms with van der Waals surface area (Å²) in [4.78, 5) is 13.7. The highest BCUT2D eigenvalue weighted by Crippen LogP contribution is 2.25. The van der Waals surface area contributed by atoms with Gasteiger partial charge in [-0.3, -0.25) is 0 Å². The van der Waals surface area contributed by atoms with E-state index in [9.17, 15) is 4.79 Å². The van der Waals surface area contributed by atoms with Crippen LogP contribution in [0.5, 0.6) is 0 Å². The van der Waals surface area contributed by atoms with Crippen molar-refractivity contribution < 1.29 is 9.53 Å². The van der Waals surface area contributed by atoms with Crippen molar-refractivity contribution in [3.8, 4) is 0 Å². The number of hydrogen-bond donors (Lipinski definition) is 2. The van der Waals surface area contributed by atoms with E-state index in [0.29, 0.717) is 24.3 Å². The first kappa shape index (κ1) is 16.1. The Balaban J connectivity index is 2.08. The van der Waals surface area contributed by atoms with Crippen LogP contribution in [-0.4, -0.2) is 35.9 Å². The summed E-state index contributed by atoms with van der Waals surface area (Å²) < 4.78 is 5.38. The van der Waals surface area contributed by atoms with Crippen molar-refractivity contribution in [3.63, 3.8) is 0 Å². The third-order valence-electron chi connectivity index (χ3n) is 3.47. The number of anilines is 1. The number of nitrogens with two attached hydrogens (primary N) is 1. The maximum Gasteiger partial charge on any atom is 0.410 e. The van der Waals surface area contributed by atoms with Crippen LogP contribution < -0.4 is 5.73 Å². The molecule has 5 nitrogen and oxygen atoms in total. The van der Waals surface area contributed by atoms with Crippen LogP contribution in [0, 0.1) is 5.41 Å². The molecule has 0 unspecified atom stereocenters. The summed E-state index contributed by atoms with van der Waals surface area (Å²) in [6.07, 6.45) is 3.78. The van der Waals surface area contributed by atoms with Crippen molar-refractivity contribution in [2.75, 3.05) is 18.8 Å². The second kappa shape index (κ2) is 6.22. The minimum absolute atomic E-state index is 0.278. The van der Waals surface area contributed by atoms with Gasteiger partial charge in [-0.1, -0.05) is 12.1 Å². The molecular weight excluding hydrogens is 278 g/mol. The number of rotatable bonds is 2. The molecule has 0 bridgehead atoms. The average molecular weight is 301 g/mol. The Kier molecular flexibility index (Phi) is 4.54. The molecule has 0 saturated carbocycles. The Bertz CT molecular complexity index is 615. The highest BCUT2D eigenvalue weighted by Gasteiger charge is 2.23. The van der Waals surface area contributed by atoms with Gasteiger partial charge in [-0.2, -0.15) is 0 Å². The van der Waals surface area contributed by atoms with Gasteiger partial charge < -0.3 is 20.8 Å². The van der Waals surface area contributed by atoms with E-state index in [1.807, 2.05) is 45.0 Å². The number of hydrogen-bond acceptors (Lipinski definition) is 4. The fraction of sp³-hybridized carbons (Fsp3) is 0.412. The SMILES string of the molecule is CC(C)(C)OC(=O)N1CC=C(c2ccc(N)c(C=N)c2)CC1. The lowest BCUT2D eigenvalue weighted by Crippen LogP contribution is -2.39. The zero-order chi connectivity index (χ0) is 16.3. The fourth-order valence-electron chi connectivity index (χ4n) is 2.32. The van der Waals surface area contributed by atoms with E-state index in [4.69, 9.17) is 15.9 Å². The molecule has 0 spiro atoms. The molecule has 2 rings (SSSR count). The van der Waals surface area contributed by atoms with Crippen LogP contribution in [0.4, 0.5) is 10.5 Å². The van der Waals surface area contributed by atoms with Crippen LogP contribution in [0.15, 0.2) is 24.3 Å². The van der Waals surface area contributed by atoms with Crippen molar-refractivity contribution in [1.29, 1.82) is 5.41 Å². The molecule has 0 atom stereocenters. The van der Waals surface area contributed by atoms with Gasteiger partial charge in [0.15, 0.2) is 0 Å². The summed E-state index contributed by atoms with van der Waals surface area (Å²) in [5.74, 6) is 0. The van der Waals surface area contributed by atoms with Crippen molar-refractivity contribution in [1.82, 2.24) is 4.90 Å². The number of carbonyl (C=O) groups excluding carboxylic acids is 1. The Morgan fingerprint density at radius 3 is 2.68 bits per heavy atom. The Morgan fingerprint density at radius 2 is 2.14 bits per heavy atom. The number of carbonyl (C=O) groups is 1. The minimum Gasteiger partial charge on any atom is -0.444 e. The zero-order valence-electron chi connectivity index (χ0n) is 13.3. The number of nitrogens with one attached hydrogen (secondary N) is 1. The number of amides is 1. The van der Waals surface area contributed by atoms with E-state index in [1.165, 1.54) is 11.8 Å². The molecule has 5 heteroatoms. The largest absolute Gasteiger partial charge is 0.444 e. The van der Waals surface area contributed by atoms with E-state index in [0.717, 1.165) is 12.0 Å². The van der Waals surface area contributed by atoms with Gasteiger partial charge >= 0.3 is 6.09 Å². The Labute approximate surface area is 131 Å². The molecule has 0 aliphatic carbocycles. The maximum absolute atomic E-state index is 12.0. The topological polar surface area (TPSA) is 79.4 Å². The molecule has 1 aliphatic heterocycles. The monoisotopic (exact) mass is 301 g/mol. The second-order valence-corrected chi connectivity index (χ2v) is 6.39. The summed E-state index contributed by atoms with van der Waals surface area (Å²) in [5, 5.41) is 7.37. The molecule has 1 heterocycles. The normalized spacial score (nSPS) is 15.2. The van der Waals surface area contributed by atoms with Crippen molar-refractivity contribution >= 4 is 23.6 Å². The number of ether oxygens (including phenoxy) is 1. The first-order valence-electron chi connectivity index (χ1n) is 7.37. The van der Waals surface area contributed by atoms with Crippen molar-refractivity contribution in [3.05, 3.63) is 35.4 Å². The summed E-state index contributed by atoms with van der Waals surface area (Å²) in [6, 6.07) is 5.69. The van der Waals surface area contributed by atoms with Crippen LogP contribution in [0.25, 0.3) is 5.57 Å². The van der Waals surface area contributed by atoms with Gasteiger partial charge in [0, 0.05) is 30.6 Å². The Hall–Kier alpha value is -2.30. The minimum atomic E-state index is -0.475. The molecule has 3 N–H and O–H groups in total. The summed E-state index contributed by atoms with van der Waals surface area (Å²) >= 11 is 0. The zero-order valence-corrected chi connectivity index (χ0v) is 13.3. The molecule has 0 saturated heterocycles. The van der Waals surface area contributed by atoms with Crippen molar-refractivity contribution in [2.24, 2.45) is 0 Å². The quantitative estimate of drug-likeness (QED) is 0.650. The summed E-state index contributed by atoms with van der Waals surface area (Å²) in [5.41, 5.74) is 8.87. The highest BCUT2D eigenvalue weighted by molar-refractivity contribution is 5.87. The molecular formula is C17H23N3O2. The first-order valence-corrected chi connectivity index (χ1v) is 7.37. The van der Waals surface area contributed by atoms with E-state index in [1.54, 1.807) is 4.90 Å². The van der Waals surface area contributed by atoms with E-state index < -0.39 is 5.60 Å². The van der Waals surface area contributed by atoms with Gasteiger partial charge in [-0.05, 0) is 50.5 Å². The van der Waals surface area contributed by atoms with Gasteiger partial charge in [0.2, 0.25) is 0 Å². The van der Waals surface area contributed by atoms with E-state index >= 15 is 0 Å². The van der Waals surface area contributed by atoms with Gasteiger partial charge in [0.05, 0.1) is 0 Å². The summed E-state index contributed by atoms with van der Waals surface area (Å²) in [7, 11) is 0. The lowest BCUT2D eigenvalue weighted by atomic mass is 9.97. The van der Waals surface area contributed by atoms with Gasteiger partial charge in [-0.15, -0.1) is 0 Å². The third-order valence-corrected chi connectivity index (χ3v) is 3.47. The van der Waals surface area contributed by atoms with Crippen LogP contribution in [0.1, 0.15) is 38.3 Å². The molecule has 1 aromatic carbocycles. The van der Waals surface area contributed by atoms with Gasteiger partial charge in [0.25, 0.3) is 0 Å². The Morgan fingerprint density at radius 1 is 1.41 bits per heavy atom. The molecule has 118 valence electrons. The lowest BCUT2D eigenvalue weighted by Gasteiger charge is -2.29. The molecule has 0 aromatic heterocycles. The number of nitrogen functional groups attached to an aromatic ring is 1. The first-order chi connectivity index (χ1) is 10.3. The predicted molar refractivity (Wildman–Crippen MR) is 89.1 cm³/mol. The molecule has 0 radical (unpaired) electrons.